The average molecular weight is 344 g/mol. The van der Waals surface area contributed by atoms with Gasteiger partial charge in [0.2, 0.25) is 0 Å². The van der Waals surface area contributed by atoms with Crippen molar-refractivity contribution in [1.82, 2.24) is 5.32 Å². The molecule has 0 aromatic heterocycles. The van der Waals surface area contributed by atoms with Crippen LogP contribution in [0.4, 0.5) is 10.5 Å². The average Bonchev–Trinajstić information content (AvgIpc) is 2.55. The Morgan fingerprint density at radius 2 is 1.88 bits per heavy atom. The van der Waals surface area contributed by atoms with Gasteiger partial charge in [-0.25, -0.2) is 4.79 Å². The fraction of sp³-hybridized carbons (Fsp3) is 0.316. The smallest absolute Gasteiger partial charge is 0.319 e. The maximum Gasteiger partial charge on any atom is 0.319 e. The predicted octanol–water partition coefficient (Wildman–Crippen LogP) is 4.66. The first-order valence-corrected chi connectivity index (χ1v) is 9.34. The molecule has 0 saturated carbocycles. The van der Waals surface area contributed by atoms with E-state index in [1.807, 2.05) is 62.4 Å². The lowest BCUT2D eigenvalue weighted by molar-refractivity contribution is 0.242. The number of nitrogens with one attached hydrogen (secondary N) is 2. The van der Waals surface area contributed by atoms with E-state index < -0.39 is 0 Å². The van der Waals surface area contributed by atoms with Crippen molar-refractivity contribution in [1.29, 1.82) is 0 Å². The zero-order valence-corrected chi connectivity index (χ0v) is 15.2. The number of urea groups is 1. The van der Waals surface area contributed by atoms with Crippen LogP contribution in [0, 0.1) is 0 Å². The van der Waals surface area contributed by atoms with E-state index in [-0.39, 0.29) is 12.1 Å². The van der Waals surface area contributed by atoms with Crippen LogP contribution in [0.1, 0.15) is 25.0 Å². The molecule has 24 heavy (non-hydrogen) atoms. The summed E-state index contributed by atoms with van der Waals surface area (Å²) in [6.45, 7) is 4.43. The van der Waals surface area contributed by atoms with Gasteiger partial charge in [0.1, 0.15) is 5.75 Å². The molecular weight excluding hydrogens is 320 g/mol. The summed E-state index contributed by atoms with van der Waals surface area (Å²) in [6, 6.07) is 15.4. The molecule has 2 rings (SSSR count). The molecule has 2 amide bonds. The van der Waals surface area contributed by atoms with Gasteiger partial charge in [-0.05, 0) is 55.5 Å². The number of ether oxygens (including phenoxy) is 1. The number of amides is 2. The van der Waals surface area contributed by atoms with Crippen LogP contribution in [0.2, 0.25) is 0 Å². The third-order valence-electron chi connectivity index (χ3n) is 3.25. The lowest BCUT2D eigenvalue weighted by Crippen LogP contribution is -2.28. The Bertz CT molecular complexity index is 657. The second kappa shape index (κ2) is 9.23. The van der Waals surface area contributed by atoms with E-state index in [4.69, 9.17) is 4.74 Å². The Morgan fingerprint density at radius 1 is 1.12 bits per heavy atom. The molecule has 128 valence electrons. The minimum absolute atomic E-state index is 0.130. The van der Waals surface area contributed by atoms with Crippen molar-refractivity contribution in [3.63, 3.8) is 0 Å². The predicted molar refractivity (Wildman–Crippen MR) is 102 cm³/mol. The SMILES string of the molecule is CSCc1ccc(NC(=O)NCc2cccc(OC(C)C)c2)cc1. The highest BCUT2D eigenvalue weighted by Gasteiger charge is 2.04. The molecule has 0 fully saturated rings. The van der Waals surface area contributed by atoms with Crippen LogP contribution in [0.25, 0.3) is 0 Å². The van der Waals surface area contributed by atoms with Crippen molar-refractivity contribution < 1.29 is 9.53 Å². The molecule has 4 nitrogen and oxygen atoms in total. The molecule has 0 aliphatic heterocycles. The van der Waals surface area contributed by atoms with E-state index in [1.165, 1.54) is 5.56 Å². The second-order valence-corrected chi connectivity index (χ2v) is 6.62. The minimum atomic E-state index is -0.220. The van der Waals surface area contributed by atoms with Gasteiger partial charge in [-0.15, -0.1) is 0 Å². The van der Waals surface area contributed by atoms with Crippen LogP contribution in [0.3, 0.4) is 0 Å². The Kier molecular flexibility index (Phi) is 7.00. The first-order chi connectivity index (χ1) is 11.6. The summed E-state index contributed by atoms with van der Waals surface area (Å²) < 4.78 is 5.66. The van der Waals surface area contributed by atoms with Gasteiger partial charge in [-0.2, -0.15) is 11.8 Å². The molecule has 0 bridgehead atoms. The van der Waals surface area contributed by atoms with Gasteiger partial charge in [0.05, 0.1) is 6.10 Å². The molecular formula is C19H24N2O2S. The molecule has 0 aliphatic rings. The summed E-state index contributed by atoms with van der Waals surface area (Å²) in [5.41, 5.74) is 3.03. The molecule has 0 atom stereocenters. The van der Waals surface area contributed by atoms with Gasteiger partial charge < -0.3 is 15.4 Å². The lowest BCUT2D eigenvalue weighted by Gasteiger charge is -2.12. The van der Waals surface area contributed by atoms with E-state index in [0.29, 0.717) is 6.54 Å². The molecule has 0 radical (unpaired) electrons. The summed E-state index contributed by atoms with van der Waals surface area (Å²) in [5, 5.41) is 5.70. The van der Waals surface area contributed by atoms with E-state index in [2.05, 4.69) is 16.9 Å². The second-order valence-electron chi connectivity index (χ2n) is 5.75. The van der Waals surface area contributed by atoms with Gasteiger partial charge in [0.15, 0.2) is 0 Å². The Balaban J connectivity index is 1.84. The standard InChI is InChI=1S/C19H24N2O2S/c1-14(2)23-18-6-4-5-16(11-18)12-20-19(22)21-17-9-7-15(8-10-17)13-24-3/h4-11,14H,12-13H2,1-3H3,(H2,20,21,22). The summed E-state index contributed by atoms with van der Waals surface area (Å²) in [5.74, 6) is 1.79. The number of rotatable bonds is 7. The molecule has 0 saturated heterocycles. The molecule has 2 N–H and O–H groups in total. The highest BCUT2D eigenvalue weighted by atomic mass is 32.2. The van der Waals surface area contributed by atoms with Crippen LogP contribution >= 0.6 is 11.8 Å². The van der Waals surface area contributed by atoms with Crippen LogP contribution in [0.5, 0.6) is 5.75 Å². The molecule has 0 heterocycles. The molecule has 0 unspecified atom stereocenters. The Labute approximate surface area is 148 Å². The van der Waals surface area contributed by atoms with Crippen LogP contribution in [-0.4, -0.2) is 18.4 Å². The third-order valence-corrected chi connectivity index (χ3v) is 3.87. The maximum absolute atomic E-state index is 12.0. The summed E-state index contributed by atoms with van der Waals surface area (Å²) in [7, 11) is 0. The minimum Gasteiger partial charge on any atom is -0.491 e. The normalized spacial score (nSPS) is 10.5. The number of anilines is 1. The lowest BCUT2D eigenvalue weighted by atomic mass is 10.2. The Hall–Kier alpha value is -2.14. The fourth-order valence-electron chi connectivity index (χ4n) is 2.21. The van der Waals surface area contributed by atoms with Crippen molar-refractivity contribution in [3.8, 4) is 5.75 Å². The van der Waals surface area contributed by atoms with Crippen molar-refractivity contribution in [2.45, 2.75) is 32.2 Å². The first kappa shape index (κ1) is 18.2. The quantitative estimate of drug-likeness (QED) is 0.768. The topological polar surface area (TPSA) is 50.4 Å². The van der Waals surface area contributed by atoms with Crippen molar-refractivity contribution in [2.24, 2.45) is 0 Å². The summed E-state index contributed by atoms with van der Waals surface area (Å²) in [4.78, 5) is 12.0. The third kappa shape index (κ3) is 6.16. The van der Waals surface area contributed by atoms with Crippen molar-refractivity contribution in [3.05, 3.63) is 59.7 Å². The number of hydrogen-bond acceptors (Lipinski definition) is 3. The van der Waals surface area contributed by atoms with Gasteiger partial charge >= 0.3 is 6.03 Å². The van der Waals surface area contributed by atoms with Crippen molar-refractivity contribution in [2.75, 3.05) is 11.6 Å². The largest absolute Gasteiger partial charge is 0.491 e. The zero-order chi connectivity index (χ0) is 17.4. The van der Waals surface area contributed by atoms with Gasteiger partial charge in [0, 0.05) is 18.0 Å². The number of benzene rings is 2. The number of hydrogen-bond donors (Lipinski definition) is 2. The Morgan fingerprint density at radius 3 is 2.54 bits per heavy atom. The monoisotopic (exact) mass is 344 g/mol. The molecule has 5 heteroatoms. The molecule has 0 aliphatic carbocycles. The maximum atomic E-state index is 12.0. The van der Waals surface area contributed by atoms with E-state index in [0.717, 1.165) is 22.8 Å². The van der Waals surface area contributed by atoms with Crippen LogP contribution in [-0.2, 0) is 12.3 Å². The van der Waals surface area contributed by atoms with E-state index in [1.54, 1.807) is 11.8 Å². The molecule has 0 spiro atoms. The summed E-state index contributed by atoms with van der Waals surface area (Å²) >= 11 is 1.77. The molecule has 2 aromatic rings. The number of thioether (sulfide) groups is 1. The fourth-order valence-corrected chi connectivity index (χ4v) is 2.74. The van der Waals surface area contributed by atoms with Gasteiger partial charge in [-0.1, -0.05) is 24.3 Å². The first-order valence-electron chi connectivity index (χ1n) is 7.95. The zero-order valence-electron chi connectivity index (χ0n) is 14.3. The highest BCUT2D eigenvalue weighted by molar-refractivity contribution is 7.97. The number of carbonyl (C=O) groups excluding carboxylic acids is 1. The molecule has 2 aromatic carbocycles. The highest BCUT2D eigenvalue weighted by Crippen LogP contribution is 2.15. The van der Waals surface area contributed by atoms with E-state index in [9.17, 15) is 4.79 Å². The number of carbonyl (C=O) groups is 1. The van der Waals surface area contributed by atoms with Crippen LogP contribution in [0.15, 0.2) is 48.5 Å². The van der Waals surface area contributed by atoms with Gasteiger partial charge in [-0.3, -0.25) is 0 Å². The van der Waals surface area contributed by atoms with Gasteiger partial charge in [0.25, 0.3) is 0 Å². The van der Waals surface area contributed by atoms with E-state index >= 15 is 0 Å². The summed E-state index contributed by atoms with van der Waals surface area (Å²) in [6.07, 6.45) is 2.20. The van der Waals surface area contributed by atoms with Crippen molar-refractivity contribution >= 4 is 23.5 Å². The van der Waals surface area contributed by atoms with Crippen LogP contribution < -0.4 is 15.4 Å².